The lowest BCUT2D eigenvalue weighted by atomic mass is 10.1. The van der Waals surface area contributed by atoms with Gasteiger partial charge in [0, 0.05) is 5.57 Å². The standard InChI is InChI=1S/C12H22O2/c1-8(2)7-10(5)12(13)14-11(6)9(3)4/h7-9,11H,1-6H3/b10-7+. The van der Waals surface area contributed by atoms with Gasteiger partial charge in [-0.25, -0.2) is 4.79 Å². The maximum absolute atomic E-state index is 11.5. The van der Waals surface area contributed by atoms with E-state index in [1.165, 1.54) is 0 Å². The second kappa shape index (κ2) is 5.84. The first kappa shape index (κ1) is 13.2. The summed E-state index contributed by atoms with van der Waals surface area (Å²) in [6.45, 7) is 11.9. The molecule has 0 spiro atoms. The molecule has 0 N–H and O–H groups in total. The van der Waals surface area contributed by atoms with Crippen molar-refractivity contribution in [2.45, 2.75) is 47.6 Å². The molecule has 0 aromatic heterocycles. The van der Waals surface area contributed by atoms with E-state index in [1.807, 2.05) is 40.7 Å². The summed E-state index contributed by atoms with van der Waals surface area (Å²) in [7, 11) is 0. The van der Waals surface area contributed by atoms with Crippen LogP contribution < -0.4 is 0 Å². The van der Waals surface area contributed by atoms with E-state index in [9.17, 15) is 4.79 Å². The summed E-state index contributed by atoms with van der Waals surface area (Å²) < 4.78 is 5.27. The monoisotopic (exact) mass is 198 g/mol. The van der Waals surface area contributed by atoms with Gasteiger partial charge in [-0.15, -0.1) is 0 Å². The number of ether oxygens (including phenoxy) is 1. The van der Waals surface area contributed by atoms with Crippen LogP contribution >= 0.6 is 0 Å². The number of carbonyl (C=O) groups is 1. The van der Waals surface area contributed by atoms with Crippen LogP contribution in [-0.2, 0) is 9.53 Å². The molecule has 2 nitrogen and oxygen atoms in total. The highest BCUT2D eigenvalue weighted by molar-refractivity contribution is 5.87. The lowest BCUT2D eigenvalue weighted by molar-refractivity contribution is -0.145. The van der Waals surface area contributed by atoms with E-state index in [2.05, 4.69) is 0 Å². The summed E-state index contributed by atoms with van der Waals surface area (Å²) in [6.07, 6.45) is 1.91. The molecule has 0 saturated heterocycles. The van der Waals surface area contributed by atoms with E-state index in [0.29, 0.717) is 17.4 Å². The van der Waals surface area contributed by atoms with Crippen LogP contribution in [0.1, 0.15) is 41.5 Å². The average Bonchev–Trinajstić information content (AvgIpc) is 2.02. The van der Waals surface area contributed by atoms with E-state index in [0.717, 1.165) is 0 Å². The summed E-state index contributed by atoms with van der Waals surface area (Å²) in [5.74, 6) is 0.558. The molecule has 0 aliphatic rings. The quantitative estimate of drug-likeness (QED) is 0.512. The topological polar surface area (TPSA) is 26.3 Å². The second-order valence-electron chi connectivity index (χ2n) is 4.45. The molecular formula is C12H22O2. The summed E-state index contributed by atoms with van der Waals surface area (Å²) in [4.78, 5) is 11.5. The van der Waals surface area contributed by atoms with Crippen molar-refractivity contribution in [1.29, 1.82) is 0 Å². The highest BCUT2D eigenvalue weighted by Crippen LogP contribution is 2.10. The number of hydrogen-bond acceptors (Lipinski definition) is 2. The molecule has 0 amide bonds. The van der Waals surface area contributed by atoms with Gasteiger partial charge in [-0.05, 0) is 25.7 Å². The Hall–Kier alpha value is -0.790. The Bertz CT molecular complexity index is 214. The van der Waals surface area contributed by atoms with Crippen LogP contribution in [-0.4, -0.2) is 12.1 Å². The van der Waals surface area contributed by atoms with Crippen molar-refractivity contribution in [3.8, 4) is 0 Å². The fourth-order valence-corrected chi connectivity index (χ4v) is 0.966. The van der Waals surface area contributed by atoms with Gasteiger partial charge in [0.05, 0.1) is 0 Å². The van der Waals surface area contributed by atoms with Crippen molar-refractivity contribution < 1.29 is 9.53 Å². The van der Waals surface area contributed by atoms with Crippen molar-refractivity contribution >= 4 is 5.97 Å². The van der Waals surface area contributed by atoms with Crippen LogP contribution in [0.5, 0.6) is 0 Å². The lowest BCUT2D eigenvalue weighted by Crippen LogP contribution is -2.20. The number of carbonyl (C=O) groups excluding carboxylic acids is 1. The number of esters is 1. The molecule has 0 heterocycles. The van der Waals surface area contributed by atoms with Crippen LogP contribution in [0.25, 0.3) is 0 Å². The van der Waals surface area contributed by atoms with Crippen LogP contribution in [0.2, 0.25) is 0 Å². The van der Waals surface area contributed by atoms with Crippen LogP contribution in [0.15, 0.2) is 11.6 Å². The van der Waals surface area contributed by atoms with Gasteiger partial charge in [-0.1, -0.05) is 33.8 Å². The third-order valence-corrected chi connectivity index (χ3v) is 2.14. The van der Waals surface area contributed by atoms with Crippen molar-refractivity contribution in [2.24, 2.45) is 11.8 Å². The Labute approximate surface area is 87.3 Å². The van der Waals surface area contributed by atoms with Crippen LogP contribution in [0.4, 0.5) is 0 Å². The molecule has 0 aromatic carbocycles. The van der Waals surface area contributed by atoms with Crippen LogP contribution in [0, 0.1) is 11.8 Å². The van der Waals surface area contributed by atoms with E-state index in [1.54, 1.807) is 6.92 Å². The molecule has 0 fully saturated rings. The zero-order chi connectivity index (χ0) is 11.3. The summed E-state index contributed by atoms with van der Waals surface area (Å²) in [6, 6.07) is 0. The largest absolute Gasteiger partial charge is 0.459 e. The zero-order valence-corrected chi connectivity index (χ0v) is 10.1. The third kappa shape index (κ3) is 5.05. The molecule has 1 atom stereocenters. The first-order valence-corrected chi connectivity index (χ1v) is 5.24. The molecule has 1 unspecified atom stereocenters. The summed E-state index contributed by atoms with van der Waals surface area (Å²) in [5.41, 5.74) is 0.701. The van der Waals surface area contributed by atoms with E-state index in [4.69, 9.17) is 4.74 Å². The molecule has 0 radical (unpaired) electrons. The molecule has 14 heavy (non-hydrogen) atoms. The van der Waals surface area contributed by atoms with Gasteiger partial charge in [0.25, 0.3) is 0 Å². The predicted octanol–water partition coefficient (Wildman–Crippen LogP) is 3.18. The molecule has 82 valence electrons. The van der Waals surface area contributed by atoms with E-state index in [-0.39, 0.29) is 12.1 Å². The lowest BCUT2D eigenvalue weighted by Gasteiger charge is -2.16. The number of allylic oxidation sites excluding steroid dienone is 1. The first-order chi connectivity index (χ1) is 6.34. The van der Waals surface area contributed by atoms with Gasteiger partial charge in [0.15, 0.2) is 0 Å². The average molecular weight is 198 g/mol. The van der Waals surface area contributed by atoms with Gasteiger partial charge in [0.2, 0.25) is 0 Å². The number of hydrogen-bond donors (Lipinski definition) is 0. The SMILES string of the molecule is C/C(=C\C(C)C)C(=O)OC(C)C(C)C. The fourth-order valence-electron chi connectivity index (χ4n) is 0.966. The van der Waals surface area contributed by atoms with E-state index < -0.39 is 0 Å². The molecule has 0 saturated carbocycles. The van der Waals surface area contributed by atoms with E-state index >= 15 is 0 Å². The van der Waals surface area contributed by atoms with Gasteiger partial charge >= 0.3 is 5.97 Å². The molecule has 0 aliphatic carbocycles. The van der Waals surface area contributed by atoms with Crippen LogP contribution in [0.3, 0.4) is 0 Å². The Kier molecular flexibility index (Phi) is 5.51. The zero-order valence-electron chi connectivity index (χ0n) is 10.1. The molecular weight excluding hydrogens is 176 g/mol. The molecule has 0 aliphatic heterocycles. The Morgan fingerprint density at radius 2 is 1.64 bits per heavy atom. The highest BCUT2D eigenvalue weighted by atomic mass is 16.5. The predicted molar refractivity (Wildman–Crippen MR) is 59.0 cm³/mol. The van der Waals surface area contributed by atoms with Crippen molar-refractivity contribution in [3.63, 3.8) is 0 Å². The Balaban J connectivity index is 4.22. The van der Waals surface area contributed by atoms with Crippen molar-refractivity contribution in [2.75, 3.05) is 0 Å². The second-order valence-corrected chi connectivity index (χ2v) is 4.45. The number of rotatable bonds is 4. The van der Waals surface area contributed by atoms with Gasteiger partial charge < -0.3 is 4.74 Å². The smallest absolute Gasteiger partial charge is 0.333 e. The minimum atomic E-state index is -0.195. The minimum absolute atomic E-state index is 0.0157. The van der Waals surface area contributed by atoms with Crippen molar-refractivity contribution in [3.05, 3.63) is 11.6 Å². The minimum Gasteiger partial charge on any atom is -0.459 e. The fraction of sp³-hybridized carbons (Fsp3) is 0.750. The van der Waals surface area contributed by atoms with Gasteiger partial charge in [-0.3, -0.25) is 0 Å². The van der Waals surface area contributed by atoms with Crippen molar-refractivity contribution in [1.82, 2.24) is 0 Å². The Morgan fingerprint density at radius 3 is 2.00 bits per heavy atom. The molecule has 0 rings (SSSR count). The normalized spacial score (nSPS) is 14.7. The molecule has 2 heteroatoms. The first-order valence-electron chi connectivity index (χ1n) is 5.24. The summed E-state index contributed by atoms with van der Waals surface area (Å²) in [5, 5.41) is 0. The highest BCUT2D eigenvalue weighted by Gasteiger charge is 2.14. The molecule has 0 aromatic rings. The third-order valence-electron chi connectivity index (χ3n) is 2.14. The van der Waals surface area contributed by atoms with Gasteiger partial charge in [-0.2, -0.15) is 0 Å². The Morgan fingerprint density at radius 1 is 1.14 bits per heavy atom. The van der Waals surface area contributed by atoms with Gasteiger partial charge in [0.1, 0.15) is 6.10 Å². The maximum atomic E-state index is 11.5. The molecule has 0 bridgehead atoms. The summed E-state index contributed by atoms with van der Waals surface area (Å²) >= 11 is 0. The maximum Gasteiger partial charge on any atom is 0.333 e.